The second kappa shape index (κ2) is 8.12. The molecule has 0 bridgehead atoms. The number of aromatic nitrogens is 2. The first-order chi connectivity index (χ1) is 13.7. The Morgan fingerprint density at radius 2 is 1.93 bits per heavy atom. The number of rotatable bonds is 4. The molecule has 29 heavy (non-hydrogen) atoms. The van der Waals surface area contributed by atoms with Crippen molar-refractivity contribution in [3.8, 4) is 22.8 Å². The van der Waals surface area contributed by atoms with E-state index in [-0.39, 0.29) is 23.7 Å². The zero-order valence-corrected chi connectivity index (χ0v) is 15.6. The molecule has 10 heteroatoms. The minimum Gasteiger partial charge on any atom is -0.434 e. The van der Waals surface area contributed by atoms with Gasteiger partial charge in [-0.05, 0) is 43.3 Å². The van der Waals surface area contributed by atoms with Crippen LogP contribution in [0.2, 0.25) is 5.02 Å². The number of hydrogen-bond donors (Lipinski definition) is 0. The predicted molar refractivity (Wildman–Crippen MR) is 96.6 cm³/mol. The molecule has 0 unspecified atom stereocenters. The van der Waals surface area contributed by atoms with Crippen molar-refractivity contribution in [1.82, 2.24) is 9.78 Å². The Balaban J connectivity index is 2.14. The van der Waals surface area contributed by atoms with Crippen LogP contribution in [0.15, 0.2) is 48.5 Å². The molecule has 5 nitrogen and oxygen atoms in total. The standard InChI is InChI=1S/C19H13ClF4N2O3/c1-2-28-18(27)29-17-10-16(26(25-17)13-5-3-4-12(20)9-13)11-6-7-15(21)14(8-11)19(22,23)24/h3-10H,2H2,1H3. The van der Waals surface area contributed by atoms with Gasteiger partial charge in [-0.15, -0.1) is 5.10 Å². The molecule has 1 heterocycles. The normalized spacial score (nSPS) is 11.4. The largest absolute Gasteiger partial charge is 0.515 e. The number of alkyl halides is 3. The number of nitrogens with zero attached hydrogens (tertiary/aromatic N) is 2. The topological polar surface area (TPSA) is 53.4 Å². The third-order valence-electron chi connectivity index (χ3n) is 3.76. The van der Waals surface area contributed by atoms with Gasteiger partial charge in [0.05, 0.1) is 23.6 Å². The van der Waals surface area contributed by atoms with Crippen LogP contribution in [0.4, 0.5) is 22.4 Å². The fourth-order valence-corrected chi connectivity index (χ4v) is 2.74. The van der Waals surface area contributed by atoms with E-state index in [1.807, 2.05) is 0 Å². The Morgan fingerprint density at radius 3 is 2.59 bits per heavy atom. The van der Waals surface area contributed by atoms with E-state index < -0.39 is 23.7 Å². The first-order valence-electron chi connectivity index (χ1n) is 8.26. The second-order valence-corrected chi connectivity index (χ2v) is 6.17. The Hall–Kier alpha value is -3.07. The van der Waals surface area contributed by atoms with Gasteiger partial charge in [-0.25, -0.2) is 13.9 Å². The molecule has 0 saturated heterocycles. The van der Waals surface area contributed by atoms with Gasteiger partial charge in [0.2, 0.25) is 5.88 Å². The van der Waals surface area contributed by atoms with Crippen molar-refractivity contribution in [3.05, 3.63) is 64.9 Å². The van der Waals surface area contributed by atoms with Crippen LogP contribution in [0.3, 0.4) is 0 Å². The maximum absolute atomic E-state index is 13.7. The molecule has 1 aromatic heterocycles. The molecule has 0 radical (unpaired) electrons. The zero-order valence-electron chi connectivity index (χ0n) is 14.8. The minimum absolute atomic E-state index is 0.00455. The van der Waals surface area contributed by atoms with Crippen LogP contribution in [-0.2, 0) is 10.9 Å². The molecular weight excluding hydrogens is 416 g/mol. The summed E-state index contributed by atoms with van der Waals surface area (Å²) >= 11 is 5.99. The Bertz CT molecular complexity index is 1050. The number of hydrogen-bond acceptors (Lipinski definition) is 4. The monoisotopic (exact) mass is 428 g/mol. The second-order valence-electron chi connectivity index (χ2n) is 5.74. The van der Waals surface area contributed by atoms with E-state index in [2.05, 4.69) is 9.84 Å². The van der Waals surface area contributed by atoms with E-state index in [0.29, 0.717) is 22.8 Å². The average molecular weight is 429 g/mol. The summed E-state index contributed by atoms with van der Waals surface area (Å²) in [5.74, 6) is -1.62. The van der Waals surface area contributed by atoms with Gasteiger partial charge >= 0.3 is 12.3 Å². The van der Waals surface area contributed by atoms with Gasteiger partial charge in [0.15, 0.2) is 0 Å². The van der Waals surface area contributed by atoms with E-state index in [4.69, 9.17) is 16.3 Å². The van der Waals surface area contributed by atoms with Crippen molar-refractivity contribution in [2.45, 2.75) is 13.1 Å². The molecule has 0 N–H and O–H groups in total. The summed E-state index contributed by atoms with van der Waals surface area (Å²) in [6, 6.07) is 10.1. The van der Waals surface area contributed by atoms with Crippen molar-refractivity contribution in [1.29, 1.82) is 0 Å². The van der Waals surface area contributed by atoms with Crippen molar-refractivity contribution < 1.29 is 31.8 Å². The highest BCUT2D eigenvalue weighted by Crippen LogP contribution is 2.36. The van der Waals surface area contributed by atoms with Crippen molar-refractivity contribution >= 4 is 17.8 Å². The first kappa shape index (κ1) is 20.7. The van der Waals surface area contributed by atoms with Crippen LogP contribution >= 0.6 is 11.6 Å². The first-order valence-corrected chi connectivity index (χ1v) is 8.64. The van der Waals surface area contributed by atoms with E-state index in [0.717, 1.165) is 6.07 Å². The van der Waals surface area contributed by atoms with Crippen LogP contribution in [0, 0.1) is 5.82 Å². The molecule has 0 spiro atoms. The van der Waals surface area contributed by atoms with Gasteiger partial charge in [0, 0.05) is 16.7 Å². The third kappa shape index (κ3) is 4.68. The smallest absolute Gasteiger partial charge is 0.434 e. The number of halogens is 5. The summed E-state index contributed by atoms with van der Waals surface area (Å²) in [6.07, 6.45) is -5.91. The summed E-state index contributed by atoms with van der Waals surface area (Å²) in [6.45, 7) is 1.64. The van der Waals surface area contributed by atoms with Gasteiger partial charge in [-0.3, -0.25) is 0 Å². The van der Waals surface area contributed by atoms with Crippen LogP contribution in [-0.4, -0.2) is 22.5 Å². The highest BCUT2D eigenvalue weighted by Gasteiger charge is 2.34. The molecular formula is C19H13ClF4N2O3. The van der Waals surface area contributed by atoms with Crippen LogP contribution in [0.5, 0.6) is 5.88 Å². The molecule has 0 aliphatic carbocycles. The highest BCUT2D eigenvalue weighted by atomic mass is 35.5. The molecule has 3 rings (SSSR count). The minimum atomic E-state index is -4.88. The van der Waals surface area contributed by atoms with E-state index >= 15 is 0 Å². The quantitative estimate of drug-likeness (QED) is 0.384. The van der Waals surface area contributed by atoms with Crippen LogP contribution < -0.4 is 4.74 Å². The SMILES string of the molecule is CCOC(=O)Oc1cc(-c2ccc(F)c(C(F)(F)F)c2)n(-c2cccc(Cl)c2)n1. The Morgan fingerprint density at radius 1 is 1.17 bits per heavy atom. The molecule has 152 valence electrons. The number of carbonyl (C=O) groups is 1. The lowest BCUT2D eigenvalue weighted by Crippen LogP contribution is -2.10. The molecule has 3 aromatic rings. The Labute approximate surface area is 167 Å². The van der Waals surface area contributed by atoms with E-state index in [1.54, 1.807) is 25.1 Å². The fourth-order valence-electron chi connectivity index (χ4n) is 2.55. The lowest BCUT2D eigenvalue weighted by molar-refractivity contribution is -0.139. The lowest BCUT2D eigenvalue weighted by Gasteiger charge is -2.11. The van der Waals surface area contributed by atoms with Gasteiger partial charge in [-0.2, -0.15) is 13.2 Å². The maximum atomic E-state index is 13.7. The summed E-state index contributed by atoms with van der Waals surface area (Å²) in [4.78, 5) is 11.6. The molecule has 0 amide bonds. The predicted octanol–water partition coefficient (Wildman–Crippen LogP) is 5.89. The Kier molecular flexibility index (Phi) is 5.78. The molecule has 0 aliphatic heterocycles. The van der Waals surface area contributed by atoms with Crippen molar-refractivity contribution in [2.24, 2.45) is 0 Å². The van der Waals surface area contributed by atoms with Crippen LogP contribution in [0.1, 0.15) is 12.5 Å². The van der Waals surface area contributed by atoms with Gasteiger partial charge in [-0.1, -0.05) is 17.7 Å². The molecule has 0 saturated carbocycles. The highest BCUT2D eigenvalue weighted by molar-refractivity contribution is 6.30. The molecule has 0 aliphatic rings. The van der Waals surface area contributed by atoms with Gasteiger partial charge < -0.3 is 9.47 Å². The summed E-state index contributed by atoms with van der Waals surface area (Å²) in [7, 11) is 0. The fraction of sp³-hybridized carbons (Fsp3) is 0.158. The lowest BCUT2D eigenvalue weighted by atomic mass is 10.1. The summed E-state index contributed by atoms with van der Waals surface area (Å²) < 4.78 is 63.9. The molecule has 2 aromatic carbocycles. The molecule has 0 atom stereocenters. The van der Waals surface area contributed by atoms with Gasteiger partial charge in [0.1, 0.15) is 5.82 Å². The van der Waals surface area contributed by atoms with E-state index in [1.165, 1.54) is 16.8 Å². The third-order valence-corrected chi connectivity index (χ3v) is 3.99. The number of benzene rings is 2. The summed E-state index contributed by atoms with van der Waals surface area (Å²) in [5, 5.41) is 4.45. The number of ether oxygens (including phenoxy) is 2. The average Bonchev–Trinajstić information content (AvgIpc) is 3.05. The van der Waals surface area contributed by atoms with E-state index in [9.17, 15) is 22.4 Å². The van der Waals surface area contributed by atoms with Crippen LogP contribution in [0.25, 0.3) is 16.9 Å². The molecule has 0 fully saturated rings. The van der Waals surface area contributed by atoms with Crippen molar-refractivity contribution in [2.75, 3.05) is 6.61 Å². The maximum Gasteiger partial charge on any atom is 0.515 e. The number of carbonyl (C=O) groups excluding carboxylic acids is 1. The zero-order chi connectivity index (χ0) is 21.2. The van der Waals surface area contributed by atoms with Crippen molar-refractivity contribution in [3.63, 3.8) is 0 Å². The van der Waals surface area contributed by atoms with Gasteiger partial charge in [0.25, 0.3) is 0 Å². The summed E-state index contributed by atoms with van der Waals surface area (Å²) in [5.41, 5.74) is -0.909.